The molecule has 2 aliphatic carbocycles. The highest BCUT2D eigenvalue weighted by Crippen LogP contribution is 2.37. The fourth-order valence-electron chi connectivity index (χ4n) is 5.53. The molecule has 2 fully saturated rings. The molecule has 8 nitrogen and oxygen atoms in total. The summed E-state index contributed by atoms with van der Waals surface area (Å²) in [6.07, 6.45) is 11.4. The zero-order valence-electron chi connectivity index (χ0n) is 24.8. The van der Waals surface area contributed by atoms with Gasteiger partial charge in [-0.25, -0.2) is 0 Å². The molecule has 0 heterocycles. The van der Waals surface area contributed by atoms with E-state index in [4.69, 9.17) is 11.5 Å². The van der Waals surface area contributed by atoms with Crippen molar-refractivity contribution in [1.29, 1.82) is 0 Å². The lowest BCUT2D eigenvalue weighted by Crippen LogP contribution is -2.03. The minimum Gasteiger partial charge on any atom is -0.506 e. The molecule has 0 saturated heterocycles. The van der Waals surface area contributed by atoms with Gasteiger partial charge in [-0.1, -0.05) is 37.1 Å². The Balaban J connectivity index is 0.000000204. The second-order valence-corrected chi connectivity index (χ2v) is 11.4. The van der Waals surface area contributed by atoms with E-state index in [2.05, 4.69) is 9.98 Å². The molecule has 8 heteroatoms. The minimum absolute atomic E-state index is 0.0221. The van der Waals surface area contributed by atoms with E-state index in [9.17, 15) is 20.4 Å². The van der Waals surface area contributed by atoms with Crippen LogP contribution in [0.1, 0.15) is 64.2 Å². The van der Waals surface area contributed by atoms with Crippen LogP contribution in [0.5, 0.6) is 23.0 Å². The first-order valence-corrected chi connectivity index (χ1v) is 15.2. The number of nitrogens with zero attached hydrogens (tertiary/aromatic N) is 2. The smallest absolute Gasteiger partial charge is 0.141 e. The number of aliphatic imine (C=N–C) groups is 2. The Labute approximate surface area is 258 Å². The lowest BCUT2D eigenvalue weighted by atomic mass is 9.98. The molecule has 0 radical (unpaired) electrons. The number of nitrogen functional groups attached to an aromatic ring is 2. The summed E-state index contributed by atoms with van der Waals surface area (Å²) < 4.78 is 0. The third-order valence-electron chi connectivity index (χ3n) is 8.10. The van der Waals surface area contributed by atoms with Crippen LogP contribution in [-0.4, -0.2) is 31.8 Å². The molecular formula is C36H40N4O4. The summed E-state index contributed by atoms with van der Waals surface area (Å²) in [6, 6.07) is 20.9. The zero-order valence-corrected chi connectivity index (χ0v) is 24.8. The van der Waals surface area contributed by atoms with E-state index in [1.807, 2.05) is 24.3 Å². The predicted molar refractivity (Wildman–Crippen MR) is 180 cm³/mol. The second-order valence-electron chi connectivity index (χ2n) is 11.4. The van der Waals surface area contributed by atoms with Gasteiger partial charge in [-0.05, 0) is 122 Å². The lowest BCUT2D eigenvalue weighted by Gasteiger charge is -2.13. The molecule has 228 valence electrons. The summed E-state index contributed by atoms with van der Waals surface area (Å²) in [5.74, 6) is 0.408. The molecule has 44 heavy (non-hydrogen) atoms. The van der Waals surface area contributed by atoms with Crippen molar-refractivity contribution < 1.29 is 20.4 Å². The van der Waals surface area contributed by atoms with Gasteiger partial charge in [0.25, 0.3) is 0 Å². The lowest BCUT2D eigenvalue weighted by molar-refractivity contribution is 0.475. The largest absolute Gasteiger partial charge is 0.506 e. The van der Waals surface area contributed by atoms with Gasteiger partial charge in [-0.2, -0.15) is 0 Å². The first-order chi connectivity index (χ1) is 21.3. The topological polar surface area (TPSA) is 158 Å². The summed E-state index contributed by atoms with van der Waals surface area (Å²) in [6.45, 7) is 0. The monoisotopic (exact) mass is 592 g/mol. The van der Waals surface area contributed by atoms with Crippen molar-refractivity contribution in [3.63, 3.8) is 0 Å². The Kier molecular flexibility index (Phi) is 9.69. The Morgan fingerprint density at radius 3 is 1.05 bits per heavy atom. The molecule has 6 rings (SSSR count). The van der Waals surface area contributed by atoms with Crippen LogP contribution in [0.2, 0.25) is 0 Å². The number of anilines is 2. The van der Waals surface area contributed by atoms with Crippen LogP contribution in [-0.2, 0) is 0 Å². The number of benzene rings is 4. The van der Waals surface area contributed by atoms with Gasteiger partial charge in [0, 0.05) is 11.4 Å². The van der Waals surface area contributed by atoms with Crippen molar-refractivity contribution in [2.24, 2.45) is 9.98 Å². The molecule has 0 unspecified atom stereocenters. The van der Waals surface area contributed by atoms with Gasteiger partial charge in [-0.3, -0.25) is 9.98 Å². The molecule has 2 aliphatic rings. The molecule has 0 amide bonds. The number of aromatic hydroxyl groups is 4. The first-order valence-electron chi connectivity index (χ1n) is 15.2. The highest BCUT2D eigenvalue weighted by molar-refractivity contribution is 5.89. The van der Waals surface area contributed by atoms with Crippen LogP contribution in [0.4, 0.5) is 22.7 Å². The van der Waals surface area contributed by atoms with E-state index in [0.717, 1.165) is 47.9 Å². The van der Waals surface area contributed by atoms with Gasteiger partial charge in [0.1, 0.15) is 34.4 Å². The van der Waals surface area contributed by atoms with E-state index in [-0.39, 0.29) is 23.0 Å². The number of nitrogens with two attached hydrogens (primary N) is 2. The van der Waals surface area contributed by atoms with Gasteiger partial charge in [0.15, 0.2) is 0 Å². The second kappa shape index (κ2) is 14.0. The maximum Gasteiger partial charge on any atom is 0.141 e. The van der Waals surface area contributed by atoms with Crippen molar-refractivity contribution >= 4 is 34.2 Å². The summed E-state index contributed by atoms with van der Waals surface area (Å²) in [5, 5.41) is 39.8. The quantitative estimate of drug-likeness (QED) is 0.103. The molecule has 0 aromatic heterocycles. The Morgan fingerprint density at radius 2 is 0.727 bits per heavy atom. The molecule has 0 spiro atoms. The van der Waals surface area contributed by atoms with Crippen molar-refractivity contribution in [2.75, 3.05) is 11.5 Å². The number of phenolic OH excluding ortho intramolecular Hbond substituents is 4. The van der Waals surface area contributed by atoms with E-state index in [1.54, 1.807) is 48.5 Å². The first kappa shape index (κ1) is 30.5. The van der Waals surface area contributed by atoms with Crippen LogP contribution in [0, 0.1) is 0 Å². The van der Waals surface area contributed by atoms with Crippen LogP contribution >= 0.6 is 0 Å². The predicted octanol–water partition coefficient (Wildman–Crippen LogP) is 8.77. The SMILES string of the molecule is Nc1ccc(-c2ccc(N)c(O)c2)cc1O.Oc1cc(-c2ccc(N=C3CCCCC3)c(O)c2)ccc1N=C1CCCCC1. The Hall–Kier alpha value is -4.98. The number of rotatable bonds is 4. The number of phenols is 4. The fraction of sp³-hybridized carbons (Fsp3) is 0.278. The summed E-state index contributed by atoms with van der Waals surface area (Å²) in [7, 11) is 0. The fourth-order valence-corrected chi connectivity index (χ4v) is 5.53. The molecule has 4 aromatic rings. The number of hydrogen-bond donors (Lipinski definition) is 6. The molecule has 0 bridgehead atoms. The molecule has 4 aromatic carbocycles. The number of hydrogen-bond acceptors (Lipinski definition) is 8. The molecule has 0 aliphatic heterocycles. The Morgan fingerprint density at radius 1 is 0.409 bits per heavy atom. The van der Waals surface area contributed by atoms with Gasteiger partial charge >= 0.3 is 0 Å². The van der Waals surface area contributed by atoms with E-state index < -0.39 is 0 Å². The van der Waals surface area contributed by atoms with E-state index in [1.165, 1.54) is 49.9 Å². The summed E-state index contributed by atoms with van der Waals surface area (Å²) >= 11 is 0. The van der Waals surface area contributed by atoms with Crippen molar-refractivity contribution in [3.05, 3.63) is 72.8 Å². The van der Waals surface area contributed by atoms with Crippen LogP contribution in [0.25, 0.3) is 22.3 Å². The van der Waals surface area contributed by atoms with Gasteiger partial charge in [0.05, 0.1) is 11.4 Å². The molecule has 2 saturated carbocycles. The van der Waals surface area contributed by atoms with E-state index >= 15 is 0 Å². The average Bonchev–Trinajstić information content (AvgIpc) is 3.03. The van der Waals surface area contributed by atoms with Crippen molar-refractivity contribution in [1.82, 2.24) is 0 Å². The third-order valence-corrected chi connectivity index (χ3v) is 8.10. The maximum absolute atomic E-state index is 10.4. The average molecular weight is 593 g/mol. The molecule has 8 N–H and O–H groups in total. The standard InChI is InChI=1S/C24H28N2O2.C12H12N2O2/c27-23-15-17(11-13-21(23)25-19-7-3-1-4-8-19)18-12-14-22(24(28)16-18)26-20-9-5-2-6-10-20;13-9-3-1-7(5-11(9)15)8-2-4-10(14)12(16)6-8/h11-16,27-28H,1-10H2;1-6,15-16H,13-14H2. The van der Waals surface area contributed by atoms with Gasteiger partial charge in [0.2, 0.25) is 0 Å². The zero-order chi connectivity index (χ0) is 31.1. The minimum atomic E-state index is 0.0221. The summed E-state index contributed by atoms with van der Waals surface area (Å²) in [5.41, 5.74) is 18.5. The van der Waals surface area contributed by atoms with Crippen LogP contribution < -0.4 is 11.5 Å². The maximum atomic E-state index is 10.4. The molecule has 0 atom stereocenters. The summed E-state index contributed by atoms with van der Waals surface area (Å²) in [4.78, 5) is 9.30. The highest BCUT2D eigenvalue weighted by atomic mass is 16.3. The van der Waals surface area contributed by atoms with Gasteiger partial charge < -0.3 is 31.9 Å². The van der Waals surface area contributed by atoms with Crippen LogP contribution in [0.3, 0.4) is 0 Å². The Bertz CT molecular complexity index is 1560. The third kappa shape index (κ3) is 7.69. The normalized spacial score (nSPS) is 14.8. The molecular weight excluding hydrogens is 552 g/mol. The van der Waals surface area contributed by atoms with Crippen molar-refractivity contribution in [3.8, 4) is 45.3 Å². The van der Waals surface area contributed by atoms with Gasteiger partial charge in [-0.15, -0.1) is 0 Å². The van der Waals surface area contributed by atoms with Crippen molar-refractivity contribution in [2.45, 2.75) is 64.2 Å². The van der Waals surface area contributed by atoms with E-state index in [0.29, 0.717) is 22.7 Å². The van der Waals surface area contributed by atoms with Crippen LogP contribution in [0.15, 0.2) is 82.8 Å². The highest BCUT2D eigenvalue weighted by Gasteiger charge is 2.12.